The van der Waals surface area contributed by atoms with Crippen LogP contribution in [0.15, 0.2) is 24.3 Å². The van der Waals surface area contributed by atoms with E-state index in [1.165, 1.54) is 5.56 Å². The van der Waals surface area contributed by atoms with Gasteiger partial charge in [0.15, 0.2) is 0 Å². The van der Waals surface area contributed by atoms with Crippen molar-refractivity contribution >= 4 is 0 Å². The molecule has 1 aliphatic heterocycles. The standard InChI is InChI=1S/C13H18O3/c1-15-13-5-3-2-4-12(13)10-6-7-11(8-14)16-9-10/h2-5,10-11,14H,6-9H2,1H3. The first-order valence-corrected chi connectivity index (χ1v) is 5.70. The molecule has 1 aromatic carbocycles. The molecule has 3 heteroatoms. The third-order valence-corrected chi connectivity index (χ3v) is 3.15. The van der Waals surface area contributed by atoms with Crippen molar-refractivity contribution in [2.75, 3.05) is 20.3 Å². The van der Waals surface area contributed by atoms with Crippen LogP contribution < -0.4 is 4.74 Å². The zero-order valence-corrected chi connectivity index (χ0v) is 9.56. The molecule has 88 valence electrons. The predicted octanol–water partition coefficient (Wildman–Crippen LogP) is 1.95. The van der Waals surface area contributed by atoms with Gasteiger partial charge in [0.05, 0.1) is 26.4 Å². The first kappa shape index (κ1) is 11.4. The van der Waals surface area contributed by atoms with Crippen molar-refractivity contribution in [2.24, 2.45) is 0 Å². The summed E-state index contributed by atoms with van der Waals surface area (Å²) in [5.74, 6) is 1.32. The van der Waals surface area contributed by atoms with Gasteiger partial charge in [-0.1, -0.05) is 18.2 Å². The summed E-state index contributed by atoms with van der Waals surface area (Å²) in [6, 6.07) is 8.07. The van der Waals surface area contributed by atoms with Gasteiger partial charge in [0.25, 0.3) is 0 Å². The third-order valence-electron chi connectivity index (χ3n) is 3.15. The topological polar surface area (TPSA) is 38.7 Å². The Balaban J connectivity index is 2.07. The molecule has 1 heterocycles. The van der Waals surface area contributed by atoms with E-state index in [0.29, 0.717) is 12.5 Å². The van der Waals surface area contributed by atoms with Gasteiger partial charge in [-0.2, -0.15) is 0 Å². The van der Waals surface area contributed by atoms with Crippen LogP contribution in [0.25, 0.3) is 0 Å². The van der Waals surface area contributed by atoms with E-state index in [1.54, 1.807) is 7.11 Å². The van der Waals surface area contributed by atoms with Crippen LogP contribution in [0, 0.1) is 0 Å². The van der Waals surface area contributed by atoms with Gasteiger partial charge in [0.2, 0.25) is 0 Å². The summed E-state index contributed by atoms with van der Waals surface area (Å²) in [6.45, 7) is 0.796. The second kappa shape index (κ2) is 5.32. The summed E-state index contributed by atoms with van der Waals surface area (Å²) < 4.78 is 10.9. The maximum absolute atomic E-state index is 9.00. The van der Waals surface area contributed by atoms with Crippen molar-refractivity contribution in [1.29, 1.82) is 0 Å². The molecular weight excluding hydrogens is 204 g/mol. The van der Waals surface area contributed by atoms with Crippen molar-refractivity contribution in [3.05, 3.63) is 29.8 Å². The first-order chi connectivity index (χ1) is 7.85. The molecule has 1 aromatic rings. The number of benzene rings is 1. The van der Waals surface area contributed by atoms with E-state index in [1.807, 2.05) is 18.2 Å². The average Bonchev–Trinajstić information content (AvgIpc) is 2.39. The monoisotopic (exact) mass is 222 g/mol. The molecule has 2 unspecified atom stereocenters. The van der Waals surface area contributed by atoms with Crippen LogP contribution in [0.2, 0.25) is 0 Å². The quantitative estimate of drug-likeness (QED) is 0.849. The van der Waals surface area contributed by atoms with Crippen molar-refractivity contribution in [3.8, 4) is 5.75 Å². The highest BCUT2D eigenvalue weighted by molar-refractivity contribution is 5.36. The molecule has 0 aliphatic carbocycles. The lowest BCUT2D eigenvalue weighted by atomic mass is 9.91. The van der Waals surface area contributed by atoms with E-state index in [0.717, 1.165) is 18.6 Å². The summed E-state index contributed by atoms with van der Waals surface area (Å²) in [5, 5.41) is 9.00. The normalized spacial score (nSPS) is 25.4. The zero-order chi connectivity index (χ0) is 11.4. The second-order valence-corrected chi connectivity index (χ2v) is 4.15. The molecule has 0 saturated carbocycles. The number of aliphatic hydroxyl groups is 1. The molecule has 0 aromatic heterocycles. The fourth-order valence-corrected chi connectivity index (χ4v) is 2.20. The molecule has 1 fully saturated rings. The van der Waals surface area contributed by atoms with Gasteiger partial charge in [-0.05, 0) is 24.5 Å². The van der Waals surface area contributed by atoms with E-state index in [4.69, 9.17) is 14.6 Å². The van der Waals surface area contributed by atoms with E-state index < -0.39 is 0 Å². The lowest BCUT2D eigenvalue weighted by Gasteiger charge is -2.28. The van der Waals surface area contributed by atoms with Crippen LogP contribution in [0.3, 0.4) is 0 Å². The second-order valence-electron chi connectivity index (χ2n) is 4.15. The lowest BCUT2D eigenvalue weighted by Crippen LogP contribution is -2.27. The Kier molecular flexibility index (Phi) is 3.80. The highest BCUT2D eigenvalue weighted by Gasteiger charge is 2.24. The van der Waals surface area contributed by atoms with Crippen LogP contribution in [0.1, 0.15) is 24.3 Å². The van der Waals surface area contributed by atoms with Crippen LogP contribution in [0.5, 0.6) is 5.75 Å². The predicted molar refractivity (Wildman–Crippen MR) is 61.8 cm³/mol. The minimum Gasteiger partial charge on any atom is -0.496 e. The van der Waals surface area contributed by atoms with Crippen LogP contribution in [0.4, 0.5) is 0 Å². The number of ether oxygens (including phenoxy) is 2. The number of rotatable bonds is 3. The molecule has 2 atom stereocenters. The van der Waals surface area contributed by atoms with Crippen LogP contribution in [-0.2, 0) is 4.74 Å². The van der Waals surface area contributed by atoms with Crippen molar-refractivity contribution in [1.82, 2.24) is 0 Å². The number of hydrogen-bond acceptors (Lipinski definition) is 3. The molecule has 0 amide bonds. The lowest BCUT2D eigenvalue weighted by molar-refractivity contribution is -0.0272. The maximum Gasteiger partial charge on any atom is 0.122 e. The molecule has 1 saturated heterocycles. The fourth-order valence-electron chi connectivity index (χ4n) is 2.20. The van der Waals surface area contributed by atoms with Gasteiger partial charge in [-0.25, -0.2) is 0 Å². The molecule has 0 radical (unpaired) electrons. The minimum atomic E-state index is 0.0194. The summed E-state index contributed by atoms with van der Waals surface area (Å²) >= 11 is 0. The molecule has 3 nitrogen and oxygen atoms in total. The SMILES string of the molecule is COc1ccccc1C1CCC(CO)OC1. The van der Waals surface area contributed by atoms with Crippen LogP contribution >= 0.6 is 0 Å². The van der Waals surface area contributed by atoms with Crippen molar-refractivity contribution < 1.29 is 14.6 Å². The zero-order valence-electron chi connectivity index (χ0n) is 9.56. The molecule has 1 N–H and O–H groups in total. The van der Waals surface area contributed by atoms with E-state index in [-0.39, 0.29) is 12.7 Å². The molecule has 16 heavy (non-hydrogen) atoms. The Labute approximate surface area is 96.0 Å². The largest absolute Gasteiger partial charge is 0.496 e. The number of aliphatic hydroxyl groups excluding tert-OH is 1. The fraction of sp³-hybridized carbons (Fsp3) is 0.538. The van der Waals surface area contributed by atoms with E-state index in [2.05, 4.69) is 6.07 Å². The Morgan fingerprint density at radius 2 is 2.19 bits per heavy atom. The molecule has 0 bridgehead atoms. The molecule has 1 aliphatic rings. The molecular formula is C13H18O3. The van der Waals surface area contributed by atoms with E-state index >= 15 is 0 Å². The third kappa shape index (κ3) is 2.36. The van der Waals surface area contributed by atoms with Gasteiger partial charge in [0, 0.05) is 5.92 Å². The van der Waals surface area contributed by atoms with Gasteiger partial charge in [0.1, 0.15) is 5.75 Å². The summed E-state index contributed by atoms with van der Waals surface area (Å²) in [5.41, 5.74) is 1.21. The maximum atomic E-state index is 9.00. The summed E-state index contributed by atoms with van der Waals surface area (Å²) in [4.78, 5) is 0. The highest BCUT2D eigenvalue weighted by atomic mass is 16.5. The van der Waals surface area contributed by atoms with Crippen LogP contribution in [-0.4, -0.2) is 31.5 Å². The van der Waals surface area contributed by atoms with Crippen molar-refractivity contribution in [2.45, 2.75) is 24.9 Å². The molecule has 0 spiro atoms. The van der Waals surface area contributed by atoms with Crippen molar-refractivity contribution in [3.63, 3.8) is 0 Å². The first-order valence-electron chi connectivity index (χ1n) is 5.70. The Bertz CT molecular complexity index is 330. The Morgan fingerprint density at radius 1 is 1.38 bits per heavy atom. The van der Waals surface area contributed by atoms with Gasteiger partial charge in [-0.15, -0.1) is 0 Å². The smallest absolute Gasteiger partial charge is 0.122 e. The highest BCUT2D eigenvalue weighted by Crippen LogP contribution is 2.33. The van der Waals surface area contributed by atoms with Gasteiger partial charge < -0.3 is 14.6 Å². The summed E-state index contributed by atoms with van der Waals surface area (Å²) in [7, 11) is 1.69. The minimum absolute atomic E-state index is 0.0194. The summed E-state index contributed by atoms with van der Waals surface area (Å²) in [6.07, 6.45) is 1.98. The van der Waals surface area contributed by atoms with Gasteiger partial charge >= 0.3 is 0 Å². The van der Waals surface area contributed by atoms with Gasteiger partial charge in [-0.3, -0.25) is 0 Å². The Morgan fingerprint density at radius 3 is 2.81 bits per heavy atom. The molecule has 2 rings (SSSR count). The average molecular weight is 222 g/mol. The number of hydrogen-bond donors (Lipinski definition) is 1. The number of methoxy groups -OCH3 is 1. The number of para-hydroxylation sites is 1. The Hall–Kier alpha value is -1.06. The van der Waals surface area contributed by atoms with E-state index in [9.17, 15) is 0 Å².